The van der Waals surface area contributed by atoms with E-state index >= 15 is 0 Å². The van der Waals surface area contributed by atoms with Crippen LogP contribution in [0.15, 0.2) is 139 Å². The Morgan fingerprint density at radius 3 is 0.919 bits per heavy atom. The maximum absolute atomic E-state index is 10.6. The van der Waals surface area contributed by atoms with Crippen molar-refractivity contribution in [2.45, 2.75) is 151 Å². The maximum Gasteiger partial charge on any atom is 0.164 e. The highest BCUT2D eigenvalue weighted by Gasteiger charge is 2.52. The van der Waals surface area contributed by atoms with Crippen LogP contribution in [0.5, 0.6) is 0 Å². The van der Waals surface area contributed by atoms with Crippen LogP contribution in [0.4, 0.5) is 0 Å². The van der Waals surface area contributed by atoms with E-state index in [0.29, 0.717) is 103 Å². The number of rotatable bonds is 11. The van der Waals surface area contributed by atoms with E-state index in [-0.39, 0.29) is 20.7 Å². The third-order valence-corrected chi connectivity index (χ3v) is 26.5. The zero-order valence-corrected chi connectivity index (χ0v) is 37.3. The first kappa shape index (κ1) is 22.9. The fraction of sp³-hybridized carbons (Fsp3) is 0.421. The quantitative estimate of drug-likeness (QED) is 0.122. The molecule has 4 aliphatic rings. The Morgan fingerprint density at radius 2 is 0.581 bits per heavy atom. The molecule has 1 heterocycles. The summed E-state index contributed by atoms with van der Waals surface area (Å²) in [6.07, 6.45) is 13.1. The summed E-state index contributed by atoms with van der Waals surface area (Å²) in [4.78, 5) is 14.3. The van der Waals surface area contributed by atoms with Gasteiger partial charge < -0.3 is 0 Å². The van der Waals surface area contributed by atoms with Gasteiger partial charge >= 0.3 is 0 Å². The predicted octanol–water partition coefficient (Wildman–Crippen LogP) is 13.3. The summed E-state index contributed by atoms with van der Waals surface area (Å²) in [6, 6.07) is -14.6. The molecule has 5 aromatic carbocycles. The first-order chi connectivity index (χ1) is 40.3. The lowest BCUT2D eigenvalue weighted by molar-refractivity contribution is 0.459. The fourth-order valence-corrected chi connectivity index (χ4v) is 24.7. The number of aromatic nitrogens is 3. The molecule has 4 saturated carbocycles. The van der Waals surface area contributed by atoms with Gasteiger partial charge in [-0.05, 0) is 22.2 Å². The Morgan fingerprint density at radius 1 is 0.306 bits per heavy atom. The average molecular weight is 873 g/mol. The molecule has 0 amide bonds. The third kappa shape index (κ3) is 8.02. The van der Waals surface area contributed by atoms with Crippen LogP contribution in [0.3, 0.4) is 0 Å². The second-order valence-corrected chi connectivity index (χ2v) is 26.6. The molecule has 4 aliphatic carbocycles. The Balaban J connectivity index is 1.38. The van der Waals surface area contributed by atoms with Crippen molar-refractivity contribution in [1.29, 1.82) is 0 Å². The molecule has 0 N–H and O–H groups in total. The van der Waals surface area contributed by atoms with Crippen LogP contribution >= 0.6 is 0 Å². The average Bonchev–Trinajstić information content (AvgIpc) is 3.69. The molecule has 5 heteroatoms. The topological polar surface area (TPSA) is 38.7 Å². The smallest absolute Gasteiger partial charge is 0.164 e. The number of benzene rings is 5. The van der Waals surface area contributed by atoms with E-state index in [1.165, 1.54) is 0 Å². The third-order valence-electron chi connectivity index (χ3n) is 14.7. The van der Waals surface area contributed by atoms with Crippen molar-refractivity contribution in [3.8, 4) is 34.2 Å². The molecule has 0 spiro atoms. The molecule has 10 rings (SSSR count). The van der Waals surface area contributed by atoms with Crippen LogP contribution in [0.1, 0.15) is 160 Å². The summed E-state index contributed by atoms with van der Waals surface area (Å²) in [5.41, 5.74) is -3.31. The molecule has 4 fully saturated rings. The van der Waals surface area contributed by atoms with E-state index < -0.39 is 211 Å². The Labute approximate surface area is 406 Å². The minimum absolute atomic E-state index is 0.00455. The van der Waals surface area contributed by atoms with Crippen molar-refractivity contribution >= 4 is 36.9 Å². The Bertz CT molecular complexity index is 3370. The molecular weight excluding hydrogens is 783 g/mol. The maximum atomic E-state index is 10.6. The van der Waals surface area contributed by atoms with Crippen LogP contribution in [0.2, 0.25) is 22.2 Å². The van der Waals surface area contributed by atoms with Gasteiger partial charge in [-0.2, -0.15) is 0 Å². The van der Waals surface area contributed by atoms with E-state index in [9.17, 15) is 19.2 Å². The van der Waals surface area contributed by atoms with Gasteiger partial charge in [0.25, 0.3) is 0 Å². The van der Waals surface area contributed by atoms with Gasteiger partial charge in [-0.25, -0.2) is 15.0 Å². The fourth-order valence-electron chi connectivity index (χ4n) is 12.1. The van der Waals surface area contributed by atoms with Gasteiger partial charge in [0.15, 0.2) is 17.5 Å². The normalized spacial score (nSPS) is 24.2. The first-order valence-electron chi connectivity index (χ1n) is 34.5. The number of hydrogen-bond donors (Lipinski definition) is 0. The number of hydrogen-bond acceptors (Lipinski definition) is 3. The largest absolute Gasteiger partial charge is 0.208 e. The van der Waals surface area contributed by atoms with Gasteiger partial charge in [-0.1, -0.05) is 288 Å². The molecule has 6 aromatic rings. The van der Waals surface area contributed by atoms with Crippen molar-refractivity contribution in [3.63, 3.8) is 0 Å². The lowest BCUT2D eigenvalue weighted by Crippen LogP contribution is -2.65. The molecule has 0 radical (unpaired) electrons. The van der Waals surface area contributed by atoms with Crippen molar-refractivity contribution in [1.82, 2.24) is 15.0 Å². The highest BCUT2D eigenvalue weighted by molar-refractivity contribution is 7.05. The van der Waals surface area contributed by atoms with Gasteiger partial charge in [0, 0.05) is 16.7 Å². The predicted molar refractivity (Wildman–Crippen MR) is 266 cm³/mol. The highest BCUT2D eigenvalue weighted by atomic mass is 28.3. The van der Waals surface area contributed by atoms with E-state index in [1.807, 2.05) is 0 Å². The molecule has 1 aromatic heterocycles. The molecule has 318 valence electrons. The van der Waals surface area contributed by atoms with Crippen LogP contribution in [-0.4, -0.2) is 31.1 Å². The SMILES string of the molecule is [2H]c1c([2H])c([2H])c(-c2nc(-c3c([2H])c([2H])c([2H])c([Si](c4c([2H])c([2H])c([2H])c([2H])c4[2H])(C4CCCCC4)C4CCCCC4)c3[2H])nc(-c3c([2H])c([2H])c([2H])c([Si](c4c([2H])c([2H])c([2H])c([2H])c4[2H])(C4CCCCC4)C4CCCCC4)c3[2H])n2)c([2H])c1[2H]. The summed E-state index contributed by atoms with van der Waals surface area (Å²) < 4.78 is 217. The summed E-state index contributed by atoms with van der Waals surface area (Å²) in [6.45, 7) is 0. The molecular formula is C57H67N3Si2. The van der Waals surface area contributed by atoms with E-state index in [1.54, 1.807) is 0 Å². The standard InChI is InChI=1S/C57H67N3Si2/c1-8-24-44(25-9-1)55-58-56(45-26-22-40-53(42-45)61(47-28-10-2-11-29-47,48-30-12-3-13-31-48)49-32-14-4-15-33-49)60-57(59-55)46-27-23-41-54(43-46)62(50-34-16-5-17-35-50,51-36-18-6-19-37-51)52-38-20-7-21-39-52/h1-2,5,8-11,16-17,22-29,34-35,40-43,48-49,51-52H,3-4,6-7,12-15,18-21,30-33,36-39H2/i1D,2D,5D,8D,9D,10D,11D,16D,17D,22D,23D,24D,25D,26D,27D,28D,29D,34D,35D,40D,41D,42D,43D. The second kappa shape index (κ2) is 19.1. The van der Waals surface area contributed by atoms with Crippen LogP contribution < -0.4 is 20.7 Å². The van der Waals surface area contributed by atoms with Gasteiger partial charge in [0.1, 0.15) is 16.1 Å². The minimum atomic E-state index is -4.22. The van der Waals surface area contributed by atoms with Crippen LogP contribution in [0.25, 0.3) is 34.2 Å². The van der Waals surface area contributed by atoms with Crippen LogP contribution in [0, 0.1) is 0 Å². The van der Waals surface area contributed by atoms with Gasteiger partial charge in [-0.3, -0.25) is 0 Å². The summed E-state index contributed by atoms with van der Waals surface area (Å²) in [5.74, 6) is -1.94. The van der Waals surface area contributed by atoms with Gasteiger partial charge in [0.05, 0.1) is 31.5 Å². The van der Waals surface area contributed by atoms with Gasteiger partial charge in [-0.15, -0.1) is 0 Å². The molecule has 62 heavy (non-hydrogen) atoms. The summed E-state index contributed by atoms with van der Waals surface area (Å²) in [5, 5.41) is -0.105. The van der Waals surface area contributed by atoms with Gasteiger partial charge in [0.2, 0.25) is 0 Å². The lowest BCUT2D eigenvalue weighted by atomic mass is 9.99. The molecule has 0 aliphatic heterocycles. The molecule has 0 atom stereocenters. The monoisotopic (exact) mass is 873 g/mol. The van der Waals surface area contributed by atoms with E-state index in [0.717, 1.165) is 25.7 Å². The summed E-state index contributed by atoms with van der Waals surface area (Å²) >= 11 is 0. The zero-order valence-electron chi connectivity index (χ0n) is 58.3. The van der Waals surface area contributed by atoms with Crippen molar-refractivity contribution in [2.75, 3.05) is 0 Å². The van der Waals surface area contributed by atoms with Crippen molar-refractivity contribution < 1.29 is 31.5 Å². The minimum Gasteiger partial charge on any atom is -0.208 e. The molecule has 0 bridgehead atoms. The Kier molecular flexibility index (Phi) is 7.07. The first-order valence-corrected chi connectivity index (χ1v) is 27.3. The molecule has 3 nitrogen and oxygen atoms in total. The molecule has 0 unspecified atom stereocenters. The highest BCUT2D eigenvalue weighted by Crippen LogP contribution is 2.50. The van der Waals surface area contributed by atoms with Crippen LogP contribution in [-0.2, 0) is 0 Å². The van der Waals surface area contributed by atoms with Crippen molar-refractivity contribution in [3.05, 3.63) is 139 Å². The van der Waals surface area contributed by atoms with Crippen molar-refractivity contribution in [2.24, 2.45) is 0 Å². The molecule has 0 saturated heterocycles. The number of nitrogens with zero attached hydrogens (tertiary/aromatic N) is 3. The second-order valence-electron chi connectivity index (χ2n) is 17.9. The lowest BCUT2D eigenvalue weighted by Gasteiger charge is -2.48. The Hall–Kier alpha value is -4.46. The van der Waals surface area contributed by atoms with E-state index in [4.69, 9.17) is 27.3 Å². The zero-order chi connectivity index (χ0) is 61.6. The summed E-state index contributed by atoms with van der Waals surface area (Å²) in [7, 11) is -8.44. The van der Waals surface area contributed by atoms with E-state index in [2.05, 4.69) is 0 Å².